The molecule has 13 nitrogen and oxygen atoms in total. The fourth-order valence-corrected chi connectivity index (χ4v) is 6.39. The lowest BCUT2D eigenvalue weighted by molar-refractivity contribution is 0.196. The topological polar surface area (TPSA) is 133 Å². The molecule has 1 saturated heterocycles. The van der Waals surface area contributed by atoms with E-state index in [2.05, 4.69) is 26.9 Å². The minimum Gasteiger partial charge on any atom is -0.477 e. The Morgan fingerprint density at radius 1 is 1.02 bits per heavy atom. The Labute approximate surface area is 233 Å². The number of nitrogens with zero attached hydrogens (tertiary/aromatic N) is 9. The van der Waals surface area contributed by atoms with Crippen molar-refractivity contribution in [3.63, 3.8) is 0 Å². The number of piperazine rings is 1. The molecule has 0 saturated carbocycles. The van der Waals surface area contributed by atoms with Gasteiger partial charge in [0.05, 0.1) is 24.1 Å². The fraction of sp³-hybridized carbons (Fsp3) is 0.500. The molecule has 0 bridgehead atoms. The highest BCUT2D eigenvalue weighted by Crippen LogP contribution is 2.31. The number of rotatable bonds is 9. The Kier molecular flexibility index (Phi) is 7.75. The van der Waals surface area contributed by atoms with Gasteiger partial charge >= 0.3 is 0 Å². The molecule has 0 aliphatic carbocycles. The minimum atomic E-state index is -3.82. The molecule has 1 aliphatic rings. The van der Waals surface area contributed by atoms with Gasteiger partial charge in [-0.2, -0.15) is 9.40 Å². The van der Waals surface area contributed by atoms with Crippen molar-refractivity contribution >= 4 is 21.1 Å². The van der Waals surface area contributed by atoms with E-state index in [9.17, 15) is 13.2 Å². The van der Waals surface area contributed by atoms with Gasteiger partial charge in [-0.15, -0.1) is 0 Å². The van der Waals surface area contributed by atoms with Crippen molar-refractivity contribution < 1.29 is 13.2 Å². The fourth-order valence-electron chi connectivity index (χ4n) is 4.99. The molecule has 4 aromatic rings. The first-order valence-electron chi connectivity index (χ1n) is 13.5. The molecule has 40 heavy (non-hydrogen) atoms. The number of pyridine rings is 1. The predicted octanol–water partition coefficient (Wildman–Crippen LogP) is 1.59. The van der Waals surface area contributed by atoms with Crippen LogP contribution >= 0.6 is 0 Å². The number of imidazole rings is 1. The maximum absolute atomic E-state index is 13.6. The third kappa shape index (κ3) is 4.80. The maximum atomic E-state index is 13.6. The van der Waals surface area contributed by atoms with E-state index >= 15 is 0 Å². The number of aromatic nitrogens is 7. The van der Waals surface area contributed by atoms with Crippen LogP contribution in [-0.2, 0) is 30.5 Å². The summed E-state index contributed by atoms with van der Waals surface area (Å²) < 4.78 is 39.3. The van der Waals surface area contributed by atoms with Gasteiger partial charge in [0.15, 0.2) is 5.52 Å². The lowest BCUT2D eigenvalue weighted by Gasteiger charge is -2.33. The van der Waals surface area contributed by atoms with Crippen LogP contribution in [0.1, 0.15) is 32.9 Å². The summed E-state index contributed by atoms with van der Waals surface area (Å²) >= 11 is 0. The normalized spacial score (nSPS) is 15.2. The largest absolute Gasteiger partial charge is 0.477 e. The number of fused-ring (bicyclic) bond motifs is 1. The second-order valence-corrected chi connectivity index (χ2v) is 11.7. The summed E-state index contributed by atoms with van der Waals surface area (Å²) in [5.41, 5.74) is 1.35. The first-order chi connectivity index (χ1) is 19.2. The van der Waals surface area contributed by atoms with Gasteiger partial charge in [-0.3, -0.25) is 9.36 Å². The van der Waals surface area contributed by atoms with Crippen molar-refractivity contribution in [2.24, 2.45) is 14.1 Å². The highest BCUT2D eigenvalue weighted by atomic mass is 32.2. The van der Waals surface area contributed by atoms with Gasteiger partial charge in [0.25, 0.3) is 5.56 Å². The lowest BCUT2D eigenvalue weighted by Crippen LogP contribution is -2.48. The second kappa shape index (κ2) is 11.1. The SMILES string of the molecule is CCCc1c2nc(-c3cc(S(=O)(=O)N4CCN(CC)CC4)cnc3OCC)n(C)c(=O)c2nn1-c1nccn1C. The van der Waals surface area contributed by atoms with E-state index in [1.165, 1.54) is 21.1 Å². The van der Waals surface area contributed by atoms with Crippen LogP contribution in [0.3, 0.4) is 0 Å². The molecular weight excluding hydrogens is 534 g/mol. The number of hydrogen-bond acceptors (Lipinski definition) is 9. The summed E-state index contributed by atoms with van der Waals surface area (Å²) in [4.78, 5) is 29.6. The summed E-state index contributed by atoms with van der Waals surface area (Å²) in [7, 11) is -0.378. The zero-order valence-corrected chi connectivity index (χ0v) is 24.3. The van der Waals surface area contributed by atoms with Crippen LogP contribution in [0.5, 0.6) is 5.88 Å². The zero-order chi connectivity index (χ0) is 28.6. The van der Waals surface area contributed by atoms with E-state index in [-0.39, 0.29) is 27.7 Å². The van der Waals surface area contributed by atoms with E-state index in [1.54, 1.807) is 17.9 Å². The average molecular weight is 570 g/mol. The Morgan fingerprint density at radius 2 is 1.77 bits per heavy atom. The van der Waals surface area contributed by atoms with E-state index in [0.717, 1.165) is 18.7 Å². The quantitative estimate of drug-likeness (QED) is 0.295. The molecule has 1 fully saturated rings. The molecule has 214 valence electrons. The molecule has 5 rings (SSSR count). The molecule has 1 aliphatic heterocycles. The third-order valence-electron chi connectivity index (χ3n) is 7.23. The lowest BCUT2D eigenvalue weighted by atomic mass is 10.2. The molecule has 0 unspecified atom stereocenters. The van der Waals surface area contributed by atoms with E-state index in [1.807, 2.05) is 31.7 Å². The van der Waals surface area contributed by atoms with Gasteiger partial charge in [-0.1, -0.05) is 20.3 Å². The average Bonchev–Trinajstić information content (AvgIpc) is 3.54. The summed E-state index contributed by atoms with van der Waals surface area (Å²) in [5, 5.41) is 4.60. The van der Waals surface area contributed by atoms with E-state index in [0.29, 0.717) is 56.2 Å². The van der Waals surface area contributed by atoms with Crippen molar-refractivity contribution in [2.75, 3.05) is 39.3 Å². The summed E-state index contributed by atoms with van der Waals surface area (Å²) in [5.74, 6) is 1.02. The Bertz CT molecular complexity index is 1700. The Morgan fingerprint density at radius 3 is 2.40 bits per heavy atom. The van der Waals surface area contributed by atoms with Crippen molar-refractivity contribution in [1.29, 1.82) is 0 Å². The van der Waals surface area contributed by atoms with Crippen molar-refractivity contribution in [2.45, 2.75) is 38.5 Å². The first kappa shape index (κ1) is 27.9. The van der Waals surface area contributed by atoms with Crippen molar-refractivity contribution in [3.8, 4) is 23.2 Å². The minimum absolute atomic E-state index is 0.0303. The molecule has 0 aromatic carbocycles. The van der Waals surface area contributed by atoms with Crippen LogP contribution in [-0.4, -0.2) is 90.8 Å². The number of ether oxygens (including phenoxy) is 1. The van der Waals surface area contributed by atoms with Gasteiger partial charge < -0.3 is 14.2 Å². The molecule has 5 heterocycles. The zero-order valence-electron chi connectivity index (χ0n) is 23.5. The summed E-state index contributed by atoms with van der Waals surface area (Å²) in [6, 6.07) is 1.51. The highest BCUT2D eigenvalue weighted by molar-refractivity contribution is 7.89. The first-order valence-corrected chi connectivity index (χ1v) is 15.0. The van der Waals surface area contributed by atoms with Crippen LogP contribution in [0, 0.1) is 0 Å². The standard InChI is InChI=1S/C26H35N9O4S/c1-6-9-20-21-22(30-35(20)26-27-10-11-31(26)4)25(36)32(5)23(29-21)19-16-18(17-28-24(19)39-8-3)40(37,38)34-14-12-33(7-2)13-15-34/h10-11,16-17H,6-9,12-15H2,1-5H3. The van der Waals surface area contributed by atoms with E-state index < -0.39 is 10.0 Å². The van der Waals surface area contributed by atoms with Crippen LogP contribution in [0.2, 0.25) is 0 Å². The number of sulfonamides is 1. The molecule has 14 heteroatoms. The van der Waals surface area contributed by atoms with Gasteiger partial charge in [-0.05, 0) is 26.0 Å². The molecule has 0 radical (unpaired) electrons. The van der Waals surface area contributed by atoms with Gasteiger partial charge in [0.2, 0.25) is 21.9 Å². The van der Waals surface area contributed by atoms with Gasteiger partial charge in [-0.25, -0.2) is 28.1 Å². The summed E-state index contributed by atoms with van der Waals surface area (Å²) in [6.45, 7) is 9.22. The van der Waals surface area contributed by atoms with Gasteiger partial charge in [0.1, 0.15) is 16.2 Å². The molecule has 0 atom stereocenters. The number of hydrogen-bond donors (Lipinski definition) is 0. The molecule has 4 aromatic heterocycles. The Hall–Kier alpha value is -3.62. The molecule has 0 amide bonds. The predicted molar refractivity (Wildman–Crippen MR) is 150 cm³/mol. The third-order valence-corrected chi connectivity index (χ3v) is 9.10. The van der Waals surface area contributed by atoms with E-state index in [4.69, 9.17) is 9.72 Å². The van der Waals surface area contributed by atoms with Crippen LogP contribution < -0.4 is 10.3 Å². The van der Waals surface area contributed by atoms with Crippen LogP contribution in [0.15, 0.2) is 34.3 Å². The maximum Gasteiger partial charge on any atom is 0.281 e. The Balaban J connectivity index is 1.68. The second-order valence-electron chi connectivity index (χ2n) is 9.74. The van der Waals surface area contributed by atoms with Crippen molar-refractivity contribution in [1.82, 2.24) is 43.1 Å². The van der Waals surface area contributed by atoms with Crippen LogP contribution in [0.4, 0.5) is 0 Å². The van der Waals surface area contributed by atoms with Crippen molar-refractivity contribution in [3.05, 3.63) is 40.7 Å². The molecule has 0 spiro atoms. The number of aryl methyl sites for hydroxylation is 2. The molecule has 0 N–H and O–H groups in total. The summed E-state index contributed by atoms with van der Waals surface area (Å²) in [6.07, 6.45) is 6.19. The monoisotopic (exact) mass is 569 g/mol. The number of likely N-dealkylation sites (N-methyl/N-ethyl adjacent to an activating group) is 1. The highest BCUT2D eigenvalue weighted by Gasteiger charge is 2.30. The molecular formula is C26H35N9O4S. The van der Waals surface area contributed by atoms with Crippen LogP contribution in [0.25, 0.3) is 28.4 Å². The van der Waals surface area contributed by atoms with Gasteiger partial charge in [0, 0.05) is 52.7 Å². The smallest absolute Gasteiger partial charge is 0.281 e.